The fourth-order valence-corrected chi connectivity index (χ4v) is 5.07. The van der Waals surface area contributed by atoms with Crippen molar-refractivity contribution in [3.05, 3.63) is 16.5 Å². The van der Waals surface area contributed by atoms with Gasteiger partial charge in [-0.05, 0) is 50.7 Å². The molecule has 0 aliphatic carbocycles. The van der Waals surface area contributed by atoms with Crippen LogP contribution in [0.5, 0.6) is 5.06 Å². The lowest BCUT2D eigenvalue weighted by molar-refractivity contribution is -0.121. The van der Waals surface area contributed by atoms with Gasteiger partial charge < -0.3 is 19.4 Å². The maximum atomic E-state index is 12.2. The standard InChI is InChI=1S/C21H35N3O3S/c1-5-23(6-2)21(25)27-24-12-7-17-13-20(28-19(17)15-24)26-18-8-10-22(11-9-18)14-16(3)4/h13,16,18H,5-12,14-15H2,1-4H3. The molecule has 28 heavy (non-hydrogen) atoms. The van der Waals surface area contributed by atoms with Gasteiger partial charge >= 0.3 is 6.09 Å². The monoisotopic (exact) mass is 409 g/mol. The van der Waals surface area contributed by atoms with Crippen molar-refractivity contribution in [3.8, 4) is 5.06 Å². The molecule has 0 aromatic carbocycles. The van der Waals surface area contributed by atoms with Gasteiger partial charge in [-0.2, -0.15) is 0 Å². The summed E-state index contributed by atoms with van der Waals surface area (Å²) in [5.74, 6) is 0.722. The van der Waals surface area contributed by atoms with Crippen LogP contribution in [0, 0.1) is 5.92 Å². The highest BCUT2D eigenvalue weighted by Crippen LogP contribution is 2.35. The zero-order valence-electron chi connectivity index (χ0n) is 17.8. The zero-order valence-corrected chi connectivity index (χ0v) is 18.6. The third-order valence-corrected chi connectivity index (χ3v) is 6.55. The van der Waals surface area contributed by atoms with Gasteiger partial charge in [0.05, 0.1) is 6.54 Å². The number of fused-ring (bicyclic) bond motifs is 1. The predicted molar refractivity (Wildman–Crippen MR) is 113 cm³/mol. The maximum Gasteiger partial charge on any atom is 0.428 e. The smallest absolute Gasteiger partial charge is 0.428 e. The van der Waals surface area contributed by atoms with Crippen LogP contribution in [0.4, 0.5) is 4.79 Å². The Bertz CT molecular complexity index is 637. The van der Waals surface area contributed by atoms with Crippen LogP contribution in [0.1, 0.15) is 51.0 Å². The molecule has 3 rings (SSSR count). The van der Waals surface area contributed by atoms with E-state index >= 15 is 0 Å². The topological polar surface area (TPSA) is 45.3 Å². The molecule has 0 radical (unpaired) electrons. The molecule has 0 unspecified atom stereocenters. The number of carbonyl (C=O) groups excluding carboxylic acids is 1. The number of piperidine rings is 1. The van der Waals surface area contributed by atoms with Gasteiger partial charge in [-0.3, -0.25) is 0 Å². The van der Waals surface area contributed by atoms with Crippen LogP contribution in [-0.2, 0) is 17.8 Å². The average molecular weight is 410 g/mol. The quantitative estimate of drug-likeness (QED) is 0.681. The largest absolute Gasteiger partial charge is 0.481 e. The van der Waals surface area contributed by atoms with E-state index in [0.717, 1.165) is 49.9 Å². The van der Waals surface area contributed by atoms with Crippen LogP contribution in [0.25, 0.3) is 0 Å². The maximum absolute atomic E-state index is 12.2. The molecule has 2 aliphatic rings. The average Bonchev–Trinajstić information content (AvgIpc) is 3.05. The predicted octanol–water partition coefficient (Wildman–Crippen LogP) is 4.00. The summed E-state index contributed by atoms with van der Waals surface area (Å²) in [5.41, 5.74) is 1.34. The fourth-order valence-electron chi connectivity index (χ4n) is 3.95. The molecule has 3 heterocycles. The molecule has 0 atom stereocenters. The Morgan fingerprint density at radius 2 is 1.96 bits per heavy atom. The van der Waals surface area contributed by atoms with Crippen molar-refractivity contribution in [2.45, 2.75) is 59.6 Å². The Labute approximate surface area is 173 Å². The number of ether oxygens (including phenoxy) is 1. The second kappa shape index (κ2) is 9.94. The van der Waals surface area contributed by atoms with Crippen molar-refractivity contribution in [1.82, 2.24) is 14.9 Å². The molecule has 7 heteroatoms. The summed E-state index contributed by atoms with van der Waals surface area (Å²) in [6, 6.07) is 2.20. The van der Waals surface area contributed by atoms with Gasteiger partial charge in [0.15, 0.2) is 5.06 Å². The number of nitrogens with zero attached hydrogens (tertiary/aromatic N) is 3. The molecule has 0 spiro atoms. The first kappa shape index (κ1) is 21.4. The summed E-state index contributed by atoms with van der Waals surface area (Å²) < 4.78 is 6.31. The Morgan fingerprint density at radius 1 is 1.25 bits per heavy atom. The van der Waals surface area contributed by atoms with Gasteiger partial charge in [0, 0.05) is 44.1 Å². The molecule has 158 valence electrons. The number of amides is 1. The van der Waals surface area contributed by atoms with Crippen molar-refractivity contribution < 1.29 is 14.4 Å². The summed E-state index contributed by atoms with van der Waals surface area (Å²) in [7, 11) is 0. The lowest BCUT2D eigenvalue weighted by Gasteiger charge is -2.32. The highest BCUT2D eigenvalue weighted by molar-refractivity contribution is 7.14. The molecule has 0 saturated carbocycles. The van der Waals surface area contributed by atoms with Crippen LogP contribution >= 0.6 is 11.3 Å². The van der Waals surface area contributed by atoms with Gasteiger partial charge in [0.25, 0.3) is 0 Å². The van der Waals surface area contributed by atoms with Gasteiger partial charge in [-0.25, -0.2) is 4.79 Å². The Hall–Kier alpha value is -1.31. The molecular weight excluding hydrogens is 374 g/mol. The normalized spacial score (nSPS) is 18.9. The van der Waals surface area contributed by atoms with Crippen molar-refractivity contribution in [1.29, 1.82) is 0 Å². The number of hydrogen-bond donors (Lipinski definition) is 0. The lowest BCUT2D eigenvalue weighted by atomic mass is 10.1. The van der Waals surface area contributed by atoms with E-state index in [9.17, 15) is 4.79 Å². The molecule has 1 saturated heterocycles. The summed E-state index contributed by atoms with van der Waals surface area (Å²) in [6.45, 7) is 14.7. The molecule has 6 nitrogen and oxygen atoms in total. The summed E-state index contributed by atoms with van der Waals surface area (Å²) in [6.07, 6.45) is 3.16. The van der Waals surface area contributed by atoms with Crippen LogP contribution < -0.4 is 4.74 Å². The van der Waals surface area contributed by atoms with Crippen LogP contribution in [0.15, 0.2) is 6.07 Å². The summed E-state index contributed by atoms with van der Waals surface area (Å²) >= 11 is 1.71. The number of thiophene rings is 1. The number of rotatable bonds is 7. The van der Waals surface area contributed by atoms with Crippen molar-refractivity contribution in [2.75, 3.05) is 39.3 Å². The zero-order chi connectivity index (χ0) is 20.1. The van der Waals surface area contributed by atoms with Crippen LogP contribution in [-0.4, -0.2) is 66.3 Å². The van der Waals surface area contributed by atoms with Gasteiger partial charge in [0.2, 0.25) is 0 Å². The third-order valence-electron chi connectivity index (χ3n) is 5.49. The molecular formula is C21H35N3O3S. The lowest BCUT2D eigenvalue weighted by Crippen LogP contribution is -2.39. The third kappa shape index (κ3) is 5.61. The van der Waals surface area contributed by atoms with E-state index in [4.69, 9.17) is 9.57 Å². The molecule has 2 aliphatic heterocycles. The first-order valence-electron chi connectivity index (χ1n) is 10.7. The minimum Gasteiger partial charge on any atom is -0.481 e. The van der Waals surface area contributed by atoms with E-state index in [1.54, 1.807) is 21.3 Å². The number of carbonyl (C=O) groups is 1. The summed E-state index contributed by atoms with van der Waals surface area (Å²) in [4.78, 5) is 23.3. The minimum atomic E-state index is -0.255. The highest BCUT2D eigenvalue weighted by atomic mass is 32.1. The Morgan fingerprint density at radius 3 is 2.61 bits per heavy atom. The van der Waals surface area contributed by atoms with Gasteiger partial charge in [-0.15, -0.1) is 16.4 Å². The first-order chi connectivity index (χ1) is 13.5. The van der Waals surface area contributed by atoms with Crippen molar-refractivity contribution in [2.24, 2.45) is 5.92 Å². The van der Waals surface area contributed by atoms with Crippen LogP contribution in [0.2, 0.25) is 0 Å². The van der Waals surface area contributed by atoms with Crippen molar-refractivity contribution >= 4 is 17.4 Å². The van der Waals surface area contributed by atoms with E-state index in [1.807, 2.05) is 13.8 Å². The summed E-state index contributed by atoms with van der Waals surface area (Å²) in [5, 5.41) is 2.80. The Balaban J connectivity index is 1.49. The van der Waals surface area contributed by atoms with E-state index in [2.05, 4.69) is 24.8 Å². The molecule has 1 amide bonds. The van der Waals surface area contributed by atoms with E-state index in [0.29, 0.717) is 25.7 Å². The van der Waals surface area contributed by atoms with E-state index < -0.39 is 0 Å². The minimum absolute atomic E-state index is 0.255. The van der Waals surface area contributed by atoms with Gasteiger partial charge in [0.1, 0.15) is 6.10 Å². The highest BCUT2D eigenvalue weighted by Gasteiger charge is 2.26. The fraction of sp³-hybridized carbons (Fsp3) is 0.762. The second-order valence-corrected chi connectivity index (χ2v) is 9.27. The van der Waals surface area contributed by atoms with E-state index in [-0.39, 0.29) is 6.09 Å². The number of hydrogen-bond acceptors (Lipinski definition) is 6. The molecule has 1 aromatic rings. The van der Waals surface area contributed by atoms with Crippen molar-refractivity contribution in [3.63, 3.8) is 0 Å². The SMILES string of the molecule is CCN(CC)C(=O)ON1CCc2cc(OC3CCN(CC(C)C)CC3)sc2C1. The molecule has 1 aromatic heterocycles. The number of likely N-dealkylation sites (tertiary alicyclic amines) is 1. The Kier molecular flexibility index (Phi) is 7.60. The molecule has 1 fully saturated rings. The second-order valence-electron chi connectivity index (χ2n) is 8.17. The number of hydroxylamine groups is 2. The first-order valence-corrected chi connectivity index (χ1v) is 11.5. The van der Waals surface area contributed by atoms with Crippen LogP contribution in [0.3, 0.4) is 0 Å². The van der Waals surface area contributed by atoms with E-state index in [1.165, 1.54) is 17.0 Å². The van der Waals surface area contributed by atoms with Gasteiger partial charge in [-0.1, -0.05) is 13.8 Å². The molecule has 0 N–H and O–H groups in total. The molecule has 0 bridgehead atoms.